The van der Waals surface area contributed by atoms with Crippen molar-refractivity contribution in [3.63, 3.8) is 0 Å². The number of rotatable bonds is 10. The van der Waals surface area contributed by atoms with E-state index in [9.17, 15) is 28.1 Å². The van der Waals surface area contributed by atoms with Crippen LogP contribution in [0.2, 0.25) is 5.02 Å². The molecule has 0 aromatic heterocycles. The Morgan fingerprint density at radius 1 is 0.805 bits per heavy atom. The molecule has 0 bridgehead atoms. The van der Waals surface area contributed by atoms with Crippen LogP contribution in [0.3, 0.4) is 0 Å². The summed E-state index contributed by atoms with van der Waals surface area (Å²) >= 11 is 5.84. The first-order valence-electron chi connectivity index (χ1n) is 12.8. The zero-order valence-electron chi connectivity index (χ0n) is 24.3. The SMILES string of the molecule is CCC(C)c1cc(Cl)ccc1OB([O-])[O-].C[S+](C)(=O)CC(=O)c1ccccc1.C[S+](C)(=O)CC(=O)c1ccccc1. The number of benzene rings is 3. The van der Waals surface area contributed by atoms with E-state index in [0.717, 1.165) is 12.0 Å². The molecular weight excluding hydrogens is 583 g/mol. The maximum absolute atomic E-state index is 11.5. The minimum atomic E-state index is -2.30. The van der Waals surface area contributed by atoms with Crippen LogP contribution in [-0.4, -0.2) is 55.4 Å². The molecule has 7 nitrogen and oxygen atoms in total. The van der Waals surface area contributed by atoms with Crippen molar-refractivity contribution in [2.75, 3.05) is 36.5 Å². The van der Waals surface area contributed by atoms with Crippen LogP contribution in [0, 0.1) is 0 Å². The molecule has 11 heteroatoms. The van der Waals surface area contributed by atoms with Gasteiger partial charge in [-0.2, -0.15) is 0 Å². The molecule has 3 aromatic carbocycles. The average Bonchev–Trinajstić information content (AvgIpc) is 2.89. The van der Waals surface area contributed by atoms with Crippen LogP contribution >= 0.6 is 11.6 Å². The fourth-order valence-electron chi connectivity index (χ4n) is 3.38. The van der Waals surface area contributed by atoms with Crippen LogP contribution in [0.25, 0.3) is 0 Å². The largest absolute Gasteiger partial charge is 0.860 e. The first kappa shape index (κ1) is 36.4. The van der Waals surface area contributed by atoms with Crippen LogP contribution in [0.15, 0.2) is 78.9 Å². The molecule has 3 aromatic rings. The van der Waals surface area contributed by atoms with Crippen molar-refractivity contribution in [1.82, 2.24) is 0 Å². The molecule has 41 heavy (non-hydrogen) atoms. The number of hydrogen-bond donors (Lipinski definition) is 0. The molecule has 0 saturated carbocycles. The Morgan fingerprint density at radius 2 is 1.22 bits per heavy atom. The van der Waals surface area contributed by atoms with Crippen molar-refractivity contribution < 1.29 is 32.7 Å². The lowest BCUT2D eigenvalue weighted by Crippen LogP contribution is -2.50. The molecule has 1 unspecified atom stereocenters. The van der Waals surface area contributed by atoms with Gasteiger partial charge in [-0.25, -0.2) is 0 Å². The second-order valence-corrected chi connectivity index (χ2v) is 16.9. The van der Waals surface area contributed by atoms with E-state index in [1.165, 1.54) is 0 Å². The van der Waals surface area contributed by atoms with Crippen molar-refractivity contribution in [2.45, 2.75) is 26.2 Å². The van der Waals surface area contributed by atoms with Gasteiger partial charge in [-0.1, -0.05) is 86.1 Å². The van der Waals surface area contributed by atoms with Gasteiger partial charge in [-0.3, -0.25) is 9.59 Å². The molecule has 1 atom stereocenters. The van der Waals surface area contributed by atoms with Crippen LogP contribution in [-0.2, 0) is 28.3 Å². The van der Waals surface area contributed by atoms with Crippen molar-refractivity contribution >= 4 is 50.4 Å². The standard InChI is InChI=1S/C10H12BClO3.2C10H13O2S/c1-3-7(2)9-6-8(12)4-5-10(9)15-11(13)14;2*1-13(2,12)8-10(11)9-6-4-3-5-7-9/h4-7H,3H2,1-2H3;2*3-7H,8H2,1-2H3/q-2;2*+1. The van der Waals surface area contributed by atoms with Gasteiger partial charge in [0.15, 0.2) is 11.5 Å². The number of carbonyl (C=O) groups is 2. The summed E-state index contributed by atoms with van der Waals surface area (Å²) in [5.74, 6) is 0.723. The lowest BCUT2D eigenvalue weighted by molar-refractivity contribution is -0.372. The minimum Gasteiger partial charge on any atom is -0.860 e. The summed E-state index contributed by atoms with van der Waals surface area (Å²) in [4.78, 5) is 23.0. The molecule has 3 rings (SSSR count). The smallest absolute Gasteiger partial charge is 0.211 e. The predicted molar refractivity (Wildman–Crippen MR) is 168 cm³/mol. The molecule has 0 spiro atoms. The van der Waals surface area contributed by atoms with Gasteiger partial charge >= 0.3 is 0 Å². The fourth-order valence-corrected chi connectivity index (χ4v) is 5.16. The van der Waals surface area contributed by atoms with Gasteiger partial charge in [0.05, 0.1) is 25.6 Å². The summed E-state index contributed by atoms with van der Waals surface area (Å²) in [6, 6.07) is 22.8. The highest BCUT2D eigenvalue weighted by atomic mass is 35.5. The monoisotopic (exact) mass is 620 g/mol. The Balaban J connectivity index is 0.000000309. The van der Waals surface area contributed by atoms with E-state index >= 15 is 0 Å². The van der Waals surface area contributed by atoms with Crippen LogP contribution in [0.5, 0.6) is 5.75 Å². The Hall–Kier alpha value is -2.63. The van der Waals surface area contributed by atoms with E-state index in [1.54, 1.807) is 91.8 Å². The van der Waals surface area contributed by atoms with E-state index in [2.05, 4.69) is 4.65 Å². The highest BCUT2D eigenvalue weighted by molar-refractivity contribution is 8.02. The van der Waals surface area contributed by atoms with Gasteiger partial charge in [0.1, 0.15) is 32.3 Å². The molecule has 0 aliphatic carbocycles. The molecule has 0 amide bonds. The molecule has 0 radical (unpaired) electrons. The summed E-state index contributed by atoms with van der Waals surface area (Å²) in [5.41, 5.74) is 2.08. The molecule has 0 fully saturated rings. The lowest BCUT2D eigenvalue weighted by Gasteiger charge is -2.29. The summed E-state index contributed by atoms with van der Waals surface area (Å²) in [7, 11) is -6.24. The number of carbonyl (C=O) groups excluding carboxylic acids is 2. The van der Waals surface area contributed by atoms with Crippen LogP contribution in [0.1, 0.15) is 52.5 Å². The molecule has 222 valence electrons. The van der Waals surface area contributed by atoms with Crippen molar-refractivity contribution in [3.8, 4) is 5.75 Å². The average molecular weight is 621 g/mol. The molecule has 0 aliphatic rings. The third-order valence-electron chi connectivity index (χ3n) is 5.49. The normalized spacial score (nSPS) is 11.6. The molecule has 0 saturated heterocycles. The topological polar surface area (TPSA) is 124 Å². The molecular formula is C30H38BClO7S2. The zero-order valence-corrected chi connectivity index (χ0v) is 26.7. The number of ketones is 2. The number of halogens is 1. The Kier molecular flexibility index (Phi) is 15.4. The quantitative estimate of drug-likeness (QED) is 0.189. The molecule has 0 aliphatic heterocycles. The van der Waals surface area contributed by atoms with Crippen LogP contribution < -0.4 is 14.7 Å². The first-order valence-corrected chi connectivity index (χ1v) is 18.3. The highest BCUT2D eigenvalue weighted by Gasteiger charge is 2.20. The summed E-state index contributed by atoms with van der Waals surface area (Å²) in [5, 5.41) is 21.4. The van der Waals surface area contributed by atoms with Gasteiger partial charge in [-0.05, 0) is 36.1 Å². The third-order valence-corrected chi connectivity index (χ3v) is 7.64. The minimum absolute atomic E-state index is 0.0457. The zero-order chi connectivity index (χ0) is 31.2. The lowest BCUT2D eigenvalue weighted by atomic mass is 9.97. The Bertz CT molecular complexity index is 1270. The molecule has 0 N–H and O–H groups in total. The number of Topliss-reactive ketones (excluding diaryl/α,β-unsaturated/α-hetero) is 2. The van der Waals surface area contributed by atoms with Gasteiger partial charge in [0, 0.05) is 16.1 Å². The number of hydrogen-bond acceptors (Lipinski definition) is 7. The first-order chi connectivity index (χ1) is 19.0. The van der Waals surface area contributed by atoms with E-state index in [4.69, 9.17) is 11.6 Å². The van der Waals surface area contributed by atoms with Crippen molar-refractivity contribution in [1.29, 1.82) is 0 Å². The van der Waals surface area contributed by atoms with Gasteiger partial charge in [-0.15, -0.1) is 8.42 Å². The van der Waals surface area contributed by atoms with E-state index in [-0.39, 0.29) is 29.0 Å². The Labute approximate surface area is 251 Å². The Morgan fingerprint density at radius 3 is 1.56 bits per heavy atom. The van der Waals surface area contributed by atoms with Crippen LogP contribution in [0.4, 0.5) is 0 Å². The summed E-state index contributed by atoms with van der Waals surface area (Å²) in [6.07, 6.45) is 7.31. The maximum atomic E-state index is 11.5. The highest BCUT2D eigenvalue weighted by Crippen LogP contribution is 2.31. The fraction of sp³-hybridized carbons (Fsp3) is 0.333. The van der Waals surface area contributed by atoms with E-state index in [1.807, 2.05) is 26.0 Å². The van der Waals surface area contributed by atoms with Gasteiger partial charge < -0.3 is 14.7 Å². The van der Waals surface area contributed by atoms with Crippen molar-refractivity contribution in [2.24, 2.45) is 0 Å². The summed E-state index contributed by atoms with van der Waals surface area (Å²) in [6.45, 7) is 4.00. The summed E-state index contributed by atoms with van der Waals surface area (Å²) < 4.78 is 27.4. The molecule has 0 heterocycles. The van der Waals surface area contributed by atoms with Gasteiger partial charge in [0.25, 0.3) is 0 Å². The van der Waals surface area contributed by atoms with E-state index in [0.29, 0.717) is 21.9 Å². The van der Waals surface area contributed by atoms with Gasteiger partial charge in [0.2, 0.25) is 11.6 Å². The third kappa shape index (κ3) is 15.8. The van der Waals surface area contributed by atoms with E-state index < -0.39 is 27.2 Å². The second-order valence-electron chi connectivity index (χ2n) is 10.1. The maximum Gasteiger partial charge on any atom is 0.211 e. The predicted octanol–water partition coefficient (Wildman–Crippen LogP) is 4.19. The second kappa shape index (κ2) is 17.4. The van der Waals surface area contributed by atoms with Crippen molar-refractivity contribution in [3.05, 3.63) is 101 Å².